The van der Waals surface area contributed by atoms with Crippen molar-refractivity contribution < 1.29 is 9.90 Å². The zero-order valence-electron chi connectivity index (χ0n) is 12.0. The second kappa shape index (κ2) is 6.47. The minimum atomic E-state index is -0.491. The Labute approximate surface area is 123 Å². The van der Waals surface area contributed by atoms with Crippen LogP contribution < -0.4 is 5.32 Å². The molecule has 0 aromatic heterocycles. The summed E-state index contributed by atoms with van der Waals surface area (Å²) < 4.78 is 0. The van der Waals surface area contributed by atoms with Gasteiger partial charge in [0.05, 0.1) is 18.7 Å². The number of amides is 2. The fourth-order valence-electron chi connectivity index (χ4n) is 2.32. The summed E-state index contributed by atoms with van der Waals surface area (Å²) in [5, 5.41) is 12.8. The van der Waals surface area contributed by atoms with Gasteiger partial charge in [-0.05, 0) is 44.6 Å². The number of carbonyl (C=O) groups is 1. The van der Waals surface area contributed by atoms with E-state index < -0.39 is 6.10 Å². The number of likely N-dealkylation sites (tertiary alicyclic amines) is 1. The normalized spacial score (nSPS) is 22.4. The molecule has 0 spiro atoms. The van der Waals surface area contributed by atoms with Gasteiger partial charge in [-0.1, -0.05) is 0 Å². The van der Waals surface area contributed by atoms with E-state index in [1.54, 1.807) is 16.7 Å². The first kappa shape index (κ1) is 15.2. The number of benzene rings is 1. The van der Waals surface area contributed by atoms with Gasteiger partial charge in [0.2, 0.25) is 0 Å². The molecule has 1 aromatic rings. The predicted octanol–water partition coefficient (Wildman–Crippen LogP) is 1.55. The van der Waals surface area contributed by atoms with Crippen LogP contribution in [0, 0.1) is 0 Å². The molecule has 1 aliphatic rings. The van der Waals surface area contributed by atoms with Crippen molar-refractivity contribution in [1.82, 2.24) is 9.80 Å². The third-order valence-corrected chi connectivity index (χ3v) is 4.29. The lowest BCUT2D eigenvalue weighted by atomic mass is 10.2. The number of urea groups is 1. The van der Waals surface area contributed by atoms with Gasteiger partial charge < -0.3 is 20.2 Å². The van der Waals surface area contributed by atoms with Crippen LogP contribution in [0.4, 0.5) is 10.5 Å². The van der Waals surface area contributed by atoms with Crippen molar-refractivity contribution in [2.45, 2.75) is 17.0 Å². The lowest BCUT2D eigenvalue weighted by Crippen LogP contribution is -2.38. The summed E-state index contributed by atoms with van der Waals surface area (Å²) in [6, 6.07) is 7.56. The molecule has 2 atom stereocenters. The highest BCUT2D eigenvalue weighted by Gasteiger charge is 2.35. The summed E-state index contributed by atoms with van der Waals surface area (Å²) in [7, 11) is 3.83. The number of aliphatic hydroxyl groups excluding tert-OH is 1. The van der Waals surface area contributed by atoms with E-state index in [4.69, 9.17) is 0 Å². The number of hydrogen-bond acceptors (Lipinski definition) is 4. The maximum atomic E-state index is 12.2. The van der Waals surface area contributed by atoms with Gasteiger partial charge in [-0.15, -0.1) is 11.8 Å². The first-order valence-electron chi connectivity index (χ1n) is 6.55. The van der Waals surface area contributed by atoms with Gasteiger partial charge in [0.15, 0.2) is 0 Å². The number of rotatable bonds is 3. The van der Waals surface area contributed by atoms with Gasteiger partial charge in [0.25, 0.3) is 0 Å². The Bertz CT molecular complexity index is 464. The summed E-state index contributed by atoms with van der Waals surface area (Å²) in [5.41, 5.74) is 0.774. The van der Waals surface area contributed by atoms with Crippen molar-refractivity contribution in [3.8, 4) is 0 Å². The van der Waals surface area contributed by atoms with Gasteiger partial charge in [-0.3, -0.25) is 0 Å². The van der Waals surface area contributed by atoms with Crippen LogP contribution in [0.1, 0.15) is 0 Å². The van der Waals surface area contributed by atoms with E-state index in [0.29, 0.717) is 13.1 Å². The highest BCUT2D eigenvalue weighted by Crippen LogP contribution is 2.19. The summed E-state index contributed by atoms with van der Waals surface area (Å²) >= 11 is 1.66. The Morgan fingerprint density at radius 2 is 2.00 bits per heavy atom. The van der Waals surface area contributed by atoms with Crippen LogP contribution in [0.15, 0.2) is 29.2 Å². The molecule has 1 fully saturated rings. The zero-order valence-corrected chi connectivity index (χ0v) is 12.9. The third kappa shape index (κ3) is 3.45. The van der Waals surface area contributed by atoms with Crippen molar-refractivity contribution in [1.29, 1.82) is 0 Å². The van der Waals surface area contributed by atoms with Gasteiger partial charge in [0.1, 0.15) is 0 Å². The summed E-state index contributed by atoms with van der Waals surface area (Å²) in [6.07, 6.45) is 1.52. The van der Waals surface area contributed by atoms with Crippen molar-refractivity contribution in [3.05, 3.63) is 24.3 Å². The van der Waals surface area contributed by atoms with Crippen LogP contribution in [-0.4, -0.2) is 66.5 Å². The topological polar surface area (TPSA) is 55.8 Å². The fourth-order valence-corrected chi connectivity index (χ4v) is 2.73. The standard InChI is InChI=1S/C14H21N3O2S/c1-16(2)12-8-17(9-13(12)18)14(19)15-10-4-6-11(20-3)7-5-10/h4-7,12-13,18H,8-9H2,1-3H3,(H,15,19)/t12-,13-/m1/s1. The minimum Gasteiger partial charge on any atom is -0.390 e. The Morgan fingerprint density at radius 3 is 2.50 bits per heavy atom. The van der Waals surface area contributed by atoms with Crippen LogP contribution >= 0.6 is 11.8 Å². The van der Waals surface area contributed by atoms with Crippen LogP contribution in [-0.2, 0) is 0 Å². The highest BCUT2D eigenvalue weighted by molar-refractivity contribution is 7.98. The van der Waals surface area contributed by atoms with Gasteiger partial charge in [-0.25, -0.2) is 4.79 Å². The minimum absolute atomic E-state index is 0.000354. The number of thioether (sulfide) groups is 1. The van der Waals surface area contributed by atoms with E-state index in [0.717, 1.165) is 10.6 Å². The number of nitrogens with zero attached hydrogens (tertiary/aromatic N) is 2. The number of carbonyl (C=O) groups excluding carboxylic acids is 1. The van der Waals surface area contributed by atoms with E-state index in [9.17, 15) is 9.90 Å². The molecule has 0 aliphatic carbocycles. The van der Waals surface area contributed by atoms with E-state index >= 15 is 0 Å². The first-order chi connectivity index (χ1) is 9.51. The Kier molecular flexibility index (Phi) is 4.91. The molecular weight excluding hydrogens is 274 g/mol. The molecule has 1 saturated heterocycles. The molecule has 2 rings (SSSR count). The van der Waals surface area contributed by atoms with Gasteiger partial charge in [0, 0.05) is 17.1 Å². The molecule has 20 heavy (non-hydrogen) atoms. The second-order valence-corrected chi connectivity index (χ2v) is 6.04. The molecule has 6 heteroatoms. The maximum absolute atomic E-state index is 12.2. The molecule has 1 heterocycles. The van der Waals surface area contributed by atoms with Crippen molar-refractivity contribution in [2.24, 2.45) is 0 Å². The number of anilines is 1. The Morgan fingerprint density at radius 1 is 1.35 bits per heavy atom. The molecule has 0 radical (unpaired) electrons. The molecule has 0 bridgehead atoms. The van der Waals surface area contributed by atoms with Crippen molar-refractivity contribution in [2.75, 3.05) is 38.8 Å². The van der Waals surface area contributed by atoms with Crippen molar-refractivity contribution >= 4 is 23.5 Å². The lowest BCUT2D eigenvalue weighted by Gasteiger charge is -2.21. The molecule has 1 aliphatic heterocycles. The molecule has 2 N–H and O–H groups in total. The predicted molar refractivity (Wildman–Crippen MR) is 82.3 cm³/mol. The second-order valence-electron chi connectivity index (χ2n) is 5.16. The average Bonchev–Trinajstić information content (AvgIpc) is 2.82. The molecule has 110 valence electrons. The third-order valence-electron chi connectivity index (χ3n) is 3.55. The number of nitrogens with one attached hydrogen (secondary N) is 1. The molecule has 0 saturated carbocycles. The summed E-state index contributed by atoms with van der Waals surface area (Å²) in [5.74, 6) is 0. The number of aliphatic hydroxyl groups is 1. The van der Waals surface area contributed by atoms with E-state index in [-0.39, 0.29) is 12.1 Å². The molecule has 0 unspecified atom stereocenters. The zero-order chi connectivity index (χ0) is 14.7. The smallest absolute Gasteiger partial charge is 0.321 e. The monoisotopic (exact) mass is 295 g/mol. The van der Waals surface area contributed by atoms with Crippen LogP contribution in [0.3, 0.4) is 0 Å². The summed E-state index contributed by atoms with van der Waals surface area (Å²) in [4.78, 5) is 16.9. The largest absolute Gasteiger partial charge is 0.390 e. The van der Waals surface area contributed by atoms with Gasteiger partial charge >= 0.3 is 6.03 Å². The average molecular weight is 295 g/mol. The molecular formula is C14H21N3O2S. The van der Waals surface area contributed by atoms with E-state index in [2.05, 4.69) is 5.32 Å². The summed E-state index contributed by atoms with van der Waals surface area (Å²) in [6.45, 7) is 0.917. The van der Waals surface area contributed by atoms with Gasteiger partial charge in [-0.2, -0.15) is 0 Å². The number of likely N-dealkylation sites (N-methyl/N-ethyl adjacent to an activating group) is 1. The molecule has 1 aromatic carbocycles. The van der Waals surface area contributed by atoms with Crippen molar-refractivity contribution in [3.63, 3.8) is 0 Å². The van der Waals surface area contributed by atoms with Crippen LogP contribution in [0.2, 0.25) is 0 Å². The first-order valence-corrected chi connectivity index (χ1v) is 7.78. The van der Waals surface area contributed by atoms with Crippen LogP contribution in [0.5, 0.6) is 0 Å². The van der Waals surface area contributed by atoms with E-state index in [1.807, 2.05) is 49.5 Å². The highest BCUT2D eigenvalue weighted by atomic mass is 32.2. The fraction of sp³-hybridized carbons (Fsp3) is 0.500. The Balaban J connectivity index is 1.95. The molecule has 2 amide bonds. The number of β-amino-alcohol motifs (C(OH)–C–C–N with tert-alkyl or cyclic N) is 1. The molecule has 5 nitrogen and oxygen atoms in total. The Hall–Kier alpha value is -1.24. The maximum Gasteiger partial charge on any atom is 0.321 e. The van der Waals surface area contributed by atoms with E-state index in [1.165, 1.54) is 0 Å². The SMILES string of the molecule is CSc1ccc(NC(=O)N2C[C@@H](O)[C@H](N(C)C)C2)cc1. The number of hydrogen-bond donors (Lipinski definition) is 2. The van der Waals surface area contributed by atoms with Crippen LogP contribution in [0.25, 0.3) is 0 Å². The quantitative estimate of drug-likeness (QED) is 0.831. The lowest BCUT2D eigenvalue weighted by molar-refractivity contribution is 0.113.